The Labute approximate surface area is 95.5 Å². The van der Waals surface area contributed by atoms with Gasteiger partial charge in [-0.1, -0.05) is 0 Å². The van der Waals surface area contributed by atoms with Gasteiger partial charge >= 0.3 is 6.03 Å². The zero-order valence-corrected chi connectivity index (χ0v) is 9.50. The number of hydrogen-bond acceptors (Lipinski definition) is 3. The van der Waals surface area contributed by atoms with Gasteiger partial charge in [0.2, 0.25) is 5.91 Å². The van der Waals surface area contributed by atoms with Crippen molar-refractivity contribution in [2.45, 2.75) is 19.3 Å². The number of rotatable bonds is 5. The van der Waals surface area contributed by atoms with Gasteiger partial charge in [-0.05, 0) is 19.3 Å². The Bertz CT molecular complexity index is 239. The molecule has 1 heterocycles. The van der Waals surface area contributed by atoms with Crippen molar-refractivity contribution in [1.29, 1.82) is 0 Å². The maximum atomic E-state index is 11.6. The minimum absolute atomic E-state index is 0.138. The first-order valence-electron chi connectivity index (χ1n) is 5.72. The van der Waals surface area contributed by atoms with E-state index in [9.17, 15) is 9.59 Å². The lowest BCUT2D eigenvalue weighted by atomic mass is 10.1. The van der Waals surface area contributed by atoms with E-state index in [1.165, 1.54) is 6.42 Å². The van der Waals surface area contributed by atoms with E-state index in [-0.39, 0.29) is 5.91 Å². The summed E-state index contributed by atoms with van der Waals surface area (Å²) in [6, 6.07) is -0.538. The standard InChI is InChI=1S/C10H20N4O2/c11-10(16)13-5-4-12-8-9(15)14-6-2-1-3-7-14/h12H,1-8H2,(H3,11,13,16). The molecular formula is C10H20N4O2. The van der Waals surface area contributed by atoms with Gasteiger partial charge < -0.3 is 21.3 Å². The maximum Gasteiger partial charge on any atom is 0.312 e. The Morgan fingerprint density at radius 2 is 1.81 bits per heavy atom. The second-order valence-electron chi connectivity index (χ2n) is 3.91. The molecule has 0 aromatic carbocycles. The van der Waals surface area contributed by atoms with Gasteiger partial charge in [-0.15, -0.1) is 0 Å². The summed E-state index contributed by atoms with van der Waals surface area (Å²) >= 11 is 0. The van der Waals surface area contributed by atoms with Crippen molar-refractivity contribution in [3.05, 3.63) is 0 Å². The van der Waals surface area contributed by atoms with E-state index in [1.807, 2.05) is 4.90 Å². The maximum absolute atomic E-state index is 11.6. The lowest BCUT2D eigenvalue weighted by molar-refractivity contribution is -0.131. The van der Waals surface area contributed by atoms with Crippen LogP contribution in [0.2, 0.25) is 0 Å². The van der Waals surface area contributed by atoms with Crippen LogP contribution in [-0.2, 0) is 4.79 Å². The van der Waals surface area contributed by atoms with Gasteiger partial charge in [0.05, 0.1) is 6.54 Å². The van der Waals surface area contributed by atoms with Crippen LogP contribution in [-0.4, -0.2) is 49.6 Å². The summed E-state index contributed by atoms with van der Waals surface area (Å²) in [5.74, 6) is 0.138. The van der Waals surface area contributed by atoms with E-state index in [4.69, 9.17) is 5.73 Å². The summed E-state index contributed by atoms with van der Waals surface area (Å²) in [5, 5.41) is 5.43. The van der Waals surface area contributed by atoms with Crippen molar-refractivity contribution in [3.63, 3.8) is 0 Å². The molecule has 0 saturated carbocycles. The number of nitrogens with two attached hydrogens (primary N) is 1. The topological polar surface area (TPSA) is 87.5 Å². The molecule has 1 aliphatic heterocycles. The molecule has 0 aliphatic carbocycles. The molecule has 92 valence electrons. The molecule has 6 heteroatoms. The third-order valence-electron chi connectivity index (χ3n) is 2.59. The number of piperidine rings is 1. The number of urea groups is 1. The first kappa shape index (κ1) is 12.8. The van der Waals surface area contributed by atoms with E-state index in [0.717, 1.165) is 25.9 Å². The summed E-state index contributed by atoms with van der Waals surface area (Å²) in [6.07, 6.45) is 3.43. The molecule has 0 bridgehead atoms. The molecule has 1 saturated heterocycles. The normalized spacial score (nSPS) is 15.9. The van der Waals surface area contributed by atoms with Gasteiger partial charge in [-0.2, -0.15) is 0 Å². The monoisotopic (exact) mass is 228 g/mol. The van der Waals surface area contributed by atoms with E-state index >= 15 is 0 Å². The van der Waals surface area contributed by atoms with Crippen LogP contribution in [0.3, 0.4) is 0 Å². The number of primary amides is 1. The quantitative estimate of drug-likeness (QED) is 0.541. The average Bonchev–Trinajstić information content (AvgIpc) is 2.29. The highest BCUT2D eigenvalue weighted by Gasteiger charge is 2.15. The van der Waals surface area contributed by atoms with Crippen molar-refractivity contribution in [2.24, 2.45) is 5.73 Å². The van der Waals surface area contributed by atoms with Gasteiger partial charge in [0.1, 0.15) is 0 Å². The highest BCUT2D eigenvalue weighted by molar-refractivity contribution is 5.78. The number of carbonyl (C=O) groups is 2. The lowest BCUT2D eigenvalue weighted by Crippen LogP contribution is -2.43. The fourth-order valence-electron chi connectivity index (χ4n) is 1.72. The Morgan fingerprint density at radius 1 is 1.12 bits per heavy atom. The number of amides is 3. The van der Waals surface area contributed by atoms with Crippen LogP contribution in [0.1, 0.15) is 19.3 Å². The first-order chi connectivity index (χ1) is 7.70. The zero-order chi connectivity index (χ0) is 11.8. The molecule has 4 N–H and O–H groups in total. The lowest BCUT2D eigenvalue weighted by Gasteiger charge is -2.26. The van der Waals surface area contributed by atoms with Crippen LogP contribution < -0.4 is 16.4 Å². The van der Waals surface area contributed by atoms with Gasteiger partial charge in [0.25, 0.3) is 0 Å². The fourth-order valence-corrected chi connectivity index (χ4v) is 1.72. The fraction of sp³-hybridized carbons (Fsp3) is 0.800. The van der Waals surface area contributed by atoms with E-state index in [1.54, 1.807) is 0 Å². The molecule has 3 amide bonds. The molecule has 0 unspecified atom stereocenters. The molecule has 6 nitrogen and oxygen atoms in total. The second-order valence-corrected chi connectivity index (χ2v) is 3.91. The van der Waals surface area contributed by atoms with Crippen LogP contribution >= 0.6 is 0 Å². The molecule has 0 spiro atoms. The number of likely N-dealkylation sites (tertiary alicyclic amines) is 1. The summed E-state index contributed by atoms with van der Waals surface area (Å²) in [6.45, 7) is 3.09. The van der Waals surface area contributed by atoms with Crippen molar-refractivity contribution >= 4 is 11.9 Å². The molecular weight excluding hydrogens is 208 g/mol. The minimum Gasteiger partial charge on any atom is -0.352 e. The molecule has 1 rings (SSSR count). The predicted octanol–water partition coefficient (Wildman–Crippen LogP) is -0.743. The highest BCUT2D eigenvalue weighted by atomic mass is 16.2. The Kier molecular flexibility index (Phi) is 5.63. The molecule has 16 heavy (non-hydrogen) atoms. The smallest absolute Gasteiger partial charge is 0.312 e. The number of hydrogen-bond donors (Lipinski definition) is 3. The average molecular weight is 228 g/mol. The van der Waals surface area contributed by atoms with Crippen molar-refractivity contribution in [2.75, 3.05) is 32.7 Å². The van der Waals surface area contributed by atoms with Crippen molar-refractivity contribution < 1.29 is 9.59 Å². The van der Waals surface area contributed by atoms with E-state index < -0.39 is 6.03 Å². The van der Waals surface area contributed by atoms with Crippen molar-refractivity contribution in [3.8, 4) is 0 Å². The van der Waals surface area contributed by atoms with Gasteiger partial charge in [0, 0.05) is 26.2 Å². The molecule has 0 radical (unpaired) electrons. The zero-order valence-electron chi connectivity index (χ0n) is 9.50. The third-order valence-corrected chi connectivity index (χ3v) is 2.59. The van der Waals surface area contributed by atoms with Crippen molar-refractivity contribution in [1.82, 2.24) is 15.5 Å². The summed E-state index contributed by atoms with van der Waals surface area (Å²) < 4.78 is 0. The van der Waals surface area contributed by atoms with Gasteiger partial charge in [-0.3, -0.25) is 4.79 Å². The highest BCUT2D eigenvalue weighted by Crippen LogP contribution is 2.07. The molecule has 1 fully saturated rings. The Hall–Kier alpha value is -1.30. The van der Waals surface area contributed by atoms with Crippen LogP contribution in [0.15, 0.2) is 0 Å². The molecule has 0 atom stereocenters. The van der Waals surface area contributed by atoms with Gasteiger partial charge in [0.15, 0.2) is 0 Å². The van der Waals surface area contributed by atoms with Crippen LogP contribution in [0.25, 0.3) is 0 Å². The largest absolute Gasteiger partial charge is 0.352 e. The molecule has 0 aromatic heterocycles. The number of nitrogens with zero attached hydrogens (tertiary/aromatic N) is 1. The summed E-state index contributed by atoms with van der Waals surface area (Å²) in [4.78, 5) is 23.9. The summed E-state index contributed by atoms with van der Waals surface area (Å²) in [5.41, 5.74) is 4.90. The SMILES string of the molecule is NC(=O)NCCNCC(=O)N1CCCCC1. The van der Waals surface area contributed by atoms with Gasteiger partial charge in [-0.25, -0.2) is 4.79 Å². The minimum atomic E-state index is -0.538. The van der Waals surface area contributed by atoms with Crippen LogP contribution in [0, 0.1) is 0 Å². The second kappa shape index (κ2) is 7.05. The van der Waals surface area contributed by atoms with E-state index in [0.29, 0.717) is 19.6 Å². The van der Waals surface area contributed by atoms with Crippen LogP contribution in [0.5, 0.6) is 0 Å². The summed E-state index contributed by atoms with van der Waals surface area (Å²) in [7, 11) is 0. The predicted molar refractivity (Wildman–Crippen MR) is 60.9 cm³/mol. The van der Waals surface area contributed by atoms with E-state index in [2.05, 4.69) is 10.6 Å². The first-order valence-corrected chi connectivity index (χ1v) is 5.72. The molecule has 0 aromatic rings. The number of carbonyl (C=O) groups excluding carboxylic acids is 2. The molecule has 1 aliphatic rings. The Balaban J connectivity index is 2.03. The number of nitrogens with one attached hydrogen (secondary N) is 2. The Morgan fingerprint density at radius 3 is 2.44 bits per heavy atom. The van der Waals surface area contributed by atoms with Crippen LogP contribution in [0.4, 0.5) is 4.79 Å². The third kappa shape index (κ3) is 4.97.